The van der Waals surface area contributed by atoms with Crippen molar-refractivity contribution < 1.29 is 9.90 Å². The van der Waals surface area contributed by atoms with Crippen LogP contribution in [0, 0.1) is 0 Å². The second-order valence-electron chi connectivity index (χ2n) is 3.42. The third kappa shape index (κ3) is 3.25. The SMILES string of the molecule is CC(=O)c1cc(SC(C)CO)ccc1N. The van der Waals surface area contributed by atoms with Crippen molar-refractivity contribution in [2.75, 3.05) is 12.3 Å². The van der Waals surface area contributed by atoms with E-state index in [9.17, 15) is 4.79 Å². The highest BCUT2D eigenvalue weighted by Gasteiger charge is 2.08. The average molecular weight is 225 g/mol. The molecule has 82 valence electrons. The van der Waals surface area contributed by atoms with Crippen LogP contribution < -0.4 is 5.73 Å². The number of Topliss-reactive ketones (excluding diaryl/α,β-unsaturated/α-hetero) is 1. The molecule has 0 aliphatic heterocycles. The smallest absolute Gasteiger partial charge is 0.161 e. The lowest BCUT2D eigenvalue weighted by Gasteiger charge is -2.09. The molecule has 0 amide bonds. The van der Waals surface area contributed by atoms with E-state index in [0.29, 0.717) is 11.3 Å². The zero-order valence-electron chi connectivity index (χ0n) is 8.86. The summed E-state index contributed by atoms with van der Waals surface area (Å²) in [6.45, 7) is 3.54. The van der Waals surface area contributed by atoms with E-state index in [-0.39, 0.29) is 17.6 Å². The van der Waals surface area contributed by atoms with E-state index >= 15 is 0 Å². The van der Waals surface area contributed by atoms with Gasteiger partial charge in [-0.3, -0.25) is 4.79 Å². The molecule has 0 aromatic heterocycles. The fourth-order valence-electron chi connectivity index (χ4n) is 1.18. The fourth-order valence-corrected chi connectivity index (χ4v) is 2.05. The van der Waals surface area contributed by atoms with E-state index in [1.54, 1.807) is 12.1 Å². The van der Waals surface area contributed by atoms with Crippen LogP contribution in [0.15, 0.2) is 23.1 Å². The van der Waals surface area contributed by atoms with Gasteiger partial charge in [-0.05, 0) is 25.1 Å². The Labute approximate surface area is 93.7 Å². The minimum Gasteiger partial charge on any atom is -0.398 e. The Morgan fingerprint density at radius 1 is 1.60 bits per heavy atom. The molecular formula is C11H15NO2S. The molecule has 0 saturated carbocycles. The highest BCUT2D eigenvalue weighted by atomic mass is 32.2. The van der Waals surface area contributed by atoms with Gasteiger partial charge in [0, 0.05) is 21.4 Å². The van der Waals surface area contributed by atoms with Gasteiger partial charge in [0.15, 0.2) is 5.78 Å². The zero-order chi connectivity index (χ0) is 11.4. The number of rotatable bonds is 4. The van der Waals surface area contributed by atoms with Crippen molar-refractivity contribution in [3.05, 3.63) is 23.8 Å². The maximum Gasteiger partial charge on any atom is 0.161 e. The fraction of sp³-hybridized carbons (Fsp3) is 0.364. The van der Waals surface area contributed by atoms with E-state index in [2.05, 4.69) is 0 Å². The van der Waals surface area contributed by atoms with E-state index in [1.807, 2.05) is 13.0 Å². The number of hydrogen-bond acceptors (Lipinski definition) is 4. The second-order valence-corrected chi connectivity index (χ2v) is 4.93. The first kappa shape index (κ1) is 12.1. The van der Waals surface area contributed by atoms with Gasteiger partial charge in [-0.1, -0.05) is 6.92 Å². The molecule has 1 rings (SSSR count). The van der Waals surface area contributed by atoms with Crippen molar-refractivity contribution in [2.24, 2.45) is 0 Å². The molecular weight excluding hydrogens is 210 g/mol. The number of carbonyl (C=O) groups is 1. The Hall–Kier alpha value is -1.00. The van der Waals surface area contributed by atoms with Crippen molar-refractivity contribution in [2.45, 2.75) is 24.0 Å². The molecule has 0 heterocycles. The molecule has 0 saturated heterocycles. The van der Waals surface area contributed by atoms with E-state index in [4.69, 9.17) is 10.8 Å². The number of carbonyl (C=O) groups excluding carboxylic acids is 1. The molecule has 0 aliphatic carbocycles. The van der Waals surface area contributed by atoms with Crippen LogP contribution in [0.2, 0.25) is 0 Å². The maximum atomic E-state index is 11.2. The maximum absolute atomic E-state index is 11.2. The summed E-state index contributed by atoms with van der Waals surface area (Å²) in [5.41, 5.74) is 6.72. The van der Waals surface area contributed by atoms with Crippen molar-refractivity contribution in [3.63, 3.8) is 0 Å². The summed E-state index contributed by atoms with van der Waals surface area (Å²) >= 11 is 1.53. The minimum absolute atomic E-state index is 0.0356. The topological polar surface area (TPSA) is 63.3 Å². The summed E-state index contributed by atoms with van der Waals surface area (Å²) in [5, 5.41) is 9.04. The number of benzene rings is 1. The van der Waals surface area contributed by atoms with Crippen LogP contribution in [0.1, 0.15) is 24.2 Å². The van der Waals surface area contributed by atoms with E-state index in [1.165, 1.54) is 18.7 Å². The summed E-state index contributed by atoms with van der Waals surface area (Å²) in [7, 11) is 0. The molecule has 1 atom stereocenters. The molecule has 1 aromatic carbocycles. The van der Waals surface area contributed by atoms with Gasteiger partial charge >= 0.3 is 0 Å². The largest absolute Gasteiger partial charge is 0.398 e. The normalized spacial score (nSPS) is 12.5. The summed E-state index contributed by atoms with van der Waals surface area (Å²) in [6.07, 6.45) is 0. The number of anilines is 1. The van der Waals surface area contributed by atoms with Gasteiger partial charge in [-0.25, -0.2) is 0 Å². The van der Waals surface area contributed by atoms with Crippen LogP contribution in [-0.4, -0.2) is 22.7 Å². The summed E-state index contributed by atoms with van der Waals surface area (Å²) in [5.74, 6) is -0.0356. The molecule has 3 N–H and O–H groups in total. The van der Waals surface area contributed by atoms with Gasteiger partial charge in [0.2, 0.25) is 0 Å². The summed E-state index contributed by atoms with van der Waals surface area (Å²) < 4.78 is 0. The van der Waals surface area contributed by atoms with Crippen molar-refractivity contribution in [1.82, 2.24) is 0 Å². The van der Waals surface area contributed by atoms with Crippen molar-refractivity contribution in [1.29, 1.82) is 0 Å². The van der Waals surface area contributed by atoms with E-state index in [0.717, 1.165) is 4.90 Å². The van der Waals surface area contributed by atoms with Gasteiger partial charge in [0.25, 0.3) is 0 Å². The third-order valence-corrected chi connectivity index (χ3v) is 3.08. The number of thioether (sulfide) groups is 1. The number of ketones is 1. The Morgan fingerprint density at radius 3 is 2.80 bits per heavy atom. The van der Waals surface area contributed by atoms with E-state index < -0.39 is 0 Å². The summed E-state index contributed by atoms with van der Waals surface area (Å²) in [6, 6.07) is 5.36. The number of aliphatic hydroxyl groups is 1. The van der Waals surface area contributed by atoms with Gasteiger partial charge < -0.3 is 10.8 Å². The second kappa shape index (κ2) is 5.19. The van der Waals surface area contributed by atoms with Gasteiger partial charge in [0.05, 0.1) is 6.61 Å². The van der Waals surface area contributed by atoms with Crippen LogP contribution in [-0.2, 0) is 0 Å². The first-order chi connectivity index (χ1) is 7.04. The molecule has 3 nitrogen and oxygen atoms in total. The predicted octanol–water partition coefficient (Wildman–Crippen LogP) is 1.94. The summed E-state index contributed by atoms with van der Waals surface area (Å²) in [4.78, 5) is 12.2. The minimum atomic E-state index is -0.0356. The first-order valence-corrected chi connectivity index (χ1v) is 5.60. The Bertz CT molecular complexity index is 366. The van der Waals surface area contributed by atoms with Gasteiger partial charge in [-0.2, -0.15) is 0 Å². The molecule has 0 radical (unpaired) electrons. The molecule has 1 aromatic rings. The highest BCUT2D eigenvalue weighted by molar-refractivity contribution is 8.00. The number of hydrogen-bond donors (Lipinski definition) is 2. The van der Waals surface area contributed by atoms with Crippen LogP contribution in [0.4, 0.5) is 5.69 Å². The molecule has 0 fully saturated rings. The molecule has 15 heavy (non-hydrogen) atoms. The van der Waals surface area contributed by atoms with Crippen molar-refractivity contribution in [3.8, 4) is 0 Å². The Kier molecular flexibility index (Phi) is 4.17. The quantitative estimate of drug-likeness (QED) is 0.467. The van der Waals surface area contributed by atoms with Gasteiger partial charge in [0.1, 0.15) is 0 Å². The number of nitrogen functional groups attached to an aromatic ring is 1. The average Bonchev–Trinajstić information content (AvgIpc) is 2.20. The molecule has 0 spiro atoms. The van der Waals surface area contributed by atoms with Crippen LogP contribution in [0.5, 0.6) is 0 Å². The standard InChI is InChI=1S/C11H15NO2S/c1-7(6-13)15-9-3-4-11(12)10(5-9)8(2)14/h3-5,7,13H,6,12H2,1-2H3. The molecule has 0 bridgehead atoms. The number of nitrogens with two attached hydrogens (primary N) is 1. The van der Waals surface area contributed by atoms with Crippen LogP contribution in [0.25, 0.3) is 0 Å². The monoisotopic (exact) mass is 225 g/mol. The van der Waals surface area contributed by atoms with Gasteiger partial charge in [-0.15, -0.1) is 11.8 Å². The first-order valence-electron chi connectivity index (χ1n) is 4.72. The zero-order valence-corrected chi connectivity index (χ0v) is 9.67. The third-order valence-electron chi connectivity index (χ3n) is 2.00. The predicted molar refractivity (Wildman–Crippen MR) is 63.3 cm³/mol. The lowest BCUT2D eigenvalue weighted by molar-refractivity contribution is 0.101. The lowest BCUT2D eigenvalue weighted by atomic mass is 10.1. The van der Waals surface area contributed by atoms with Crippen molar-refractivity contribution >= 4 is 23.2 Å². The molecule has 4 heteroatoms. The van der Waals surface area contributed by atoms with Crippen LogP contribution >= 0.6 is 11.8 Å². The lowest BCUT2D eigenvalue weighted by Crippen LogP contribution is -2.03. The molecule has 1 unspecified atom stereocenters. The Balaban J connectivity index is 2.92. The Morgan fingerprint density at radius 2 is 2.27 bits per heavy atom. The highest BCUT2D eigenvalue weighted by Crippen LogP contribution is 2.26. The molecule has 0 aliphatic rings. The van der Waals surface area contributed by atoms with Crippen LogP contribution in [0.3, 0.4) is 0 Å². The number of aliphatic hydroxyl groups excluding tert-OH is 1.